The lowest BCUT2D eigenvalue weighted by Gasteiger charge is -2.33. The number of anilines is 1. The number of nitrogens with zero attached hydrogens (tertiary/aromatic N) is 1. The molecule has 7 nitrogen and oxygen atoms in total. The van der Waals surface area contributed by atoms with Gasteiger partial charge in [0.05, 0.1) is 7.11 Å². The molecule has 2 aliphatic rings. The highest BCUT2D eigenvalue weighted by molar-refractivity contribution is 5.95. The molecule has 1 fully saturated rings. The minimum Gasteiger partial charge on any atom is -0.497 e. The Kier molecular flexibility index (Phi) is 6.30. The van der Waals surface area contributed by atoms with Crippen molar-refractivity contribution >= 4 is 17.5 Å². The Morgan fingerprint density at radius 1 is 1.16 bits per heavy atom. The van der Waals surface area contributed by atoms with Crippen LogP contribution in [0.4, 0.5) is 5.69 Å². The molecule has 0 aliphatic carbocycles. The number of ether oxygens (including phenoxy) is 3. The van der Waals surface area contributed by atoms with Crippen molar-refractivity contribution in [1.82, 2.24) is 4.90 Å². The average Bonchev–Trinajstić information content (AvgIpc) is 3.26. The van der Waals surface area contributed by atoms with Crippen LogP contribution in [0, 0.1) is 12.8 Å². The molecule has 0 radical (unpaired) electrons. The summed E-state index contributed by atoms with van der Waals surface area (Å²) in [6, 6.07) is 10.9. The van der Waals surface area contributed by atoms with E-state index in [2.05, 4.69) is 5.32 Å². The smallest absolute Gasteiger partial charge is 0.254 e. The van der Waals surface area contributed by atoms with E-state index in [1.807, 2.05) is 30.0 Å². The highest BCUT2D eigenvalue weighted by atomic mass is 16.7. The van der Waals surface area contributed by atoms with Crippen LogP contribution < -0.4 is 19.5 Å². The predicted octanol–water partition coefficient (Wildman–Crippen LogP) is 4.00. The van der Waals surface area contributed by atoms with Crippen LogP contribution in [0.3, 0.4) is 0 Å². The monoisotopic (exact) mass is 424 g/mol. The van der Waals surface area contributed by atoms with Crippen LogP contribution in [0.25, 0.3) is 0 Å². The highest BCUT2D eigenvalue weighted by Crippen LogP contribution is 2.33. The van der Waals surface area contributed by atoms with Gasteiger partial charge >= 0.3 is 0 Å². The second-order valence-electron chi connectivity index (χ2n) is 8.10. The molecule has 0 aromatic heterocycles. The Bertz CT molecular complexity index is 974. The Balaban J connectivity index is 1.29. The fourth-order valence-electron chi connectivity index (χ4n) is 4.15. The number of hydrogen-bond acceptors (Lipinski definition) is 5. The summed E-state index contributed by atoms with van der Waals surface area (Å²) in [5, 5.41) is 2.98. The molecule has 2 heterocycles. The molecule has 0 spiro atoms. The van der Waals surface area contributed by atoms with Crippen LogP contribution in [0.5, 0.6) is 17.2 Å². The first-order valence-corrected chi connectivity index (χ1v) is 10.7. The lowest BCUT2D eigenvalue weighted by atomic mass is 9.92. The summed E-state index contributed by atoms with van der Waals surface area (Å²) in [5.41, 5.74) is 2.37. The first kappa shape index (κ1) is 21.0. The van der Waals surface area contributed by atoms with E-state index in [-0.39, 0.29) is 18.6 Å². The van der Waals surface area contributed by atoms with Gasteiger partial charge in [-0.2, -0.15) is 0 Å². The van der Waals surface area contributed by atoms with Crippen molar-refractivity contribution in [3.63, 3.8) is 0 Å². The first-order valence-electron chi connectivity index (χ1n) is 10.7. The van der Waals surface area contributed by atoms with Crippen LogP contribution in [0.1, 0.15) is 41.6 Å². The van der Waals surface area contributed by atoms with Crippen LogP contribution >= 0.6 is 0 Å². The zero-order valence-electron chi connectivity index (χ0n) is 18.0. The number of benzene rings is 2. The number of amides is 2. The Hall–Kier alpha value is -3.22. The van der Waals surface area contributed by atoms with Gasteiger partial charge in [-0.3, -0.25) is 9.59 Å². The van der Waals surface area contributed by atoms with Gasteiger partial charge in [-0.25, -0.2) is 0 Å². The standard InChI is InChI=1S/C24H28N2O5/c1-16-12-19(29-2)7-8-20(16)25-23(27)10-5-17-4-3-11-26(14-17)24(28)18-6-9-21-22(13-18)31-15-30-21/h6-9,12-13,17H,3-5,10-11,14-15H2,1-2H3,(H,25,27). The van der Waals surface area contributed by atoms with Gasteiger partial charge in [0.25, 0.3) is 5.91 Å². The van der Waals surface area contributed by atoms with E-state index in [4.69, 9.17) is 14.2 Å². The van der Waals surface area contributed by atoms with Crippen LogP contribution in [0.2, 0.25) is 0 Å². The number of nitrogens with one attached hydrogen (secondary N) is 1. The predicted molar refractivity (Wildman–Crippen MR) is 117 cm³/mol. The van der Waals surface area contributed by atoms with Crippen molar-refractivity contribution < 1.29 is 23.8 Å². The van der Waals surface area contributed by atoms with E-state index >= 15 is 0 Å². The van der Waals surface area contributed by atoms with Gasteiger partial charge in [0.15, 0.2) is 11.5 Å². The van der Waals surface area contributed by atoms with Crippen LogP contribution in [-0.4, -0.2) is 43.7 Å². The normalized spacial score (nSPS) is 17.4. The molecule has 2 amide bonds. The highest BCUT2D eigenvalue weighted by Gasteiger charge is 2.26. The third kappa shape index (κ3) is 4.93. The maximum Gasteiger partial charge on any atom is 0.254 e. The van der Waals surface area contributed by atoms with E-state index < -0.39 is 0 Å². The molecule has 31 heavy (non-hydrogen) atoms. The summed E-state index contributed by atoms with van der Waals surface area (Å²) in [7, 11) is 1.62. The molecular weight excluding hydrogens is 396 g/mol. The molecule has 1 saturated heterocycles. The molecule has 0 bridgehead atoms. The fourth-order valence-corrected chi connectivity index (χ4v) is 4.15. The number of carbonyl (C=O) groups is 2. The quantitative estimate of drug-likeness (QED) is 0.758. The zero-order valence-corrected chi connectivity index (χ0v) is 18.0. The molecule has 4 rings (SSSR count). The molecular formula is C24H28N2O5. The van der Waals surface area contributed by atoms with Gasteiger partial charge < -0.3 is 24.4 Å². The van der Waals surface area contributed by atoms with E-state index in [9.17, 15) is 9.59 Å². The molecule has 2 aromatic carbocycles. The maximum absolute atomic E-state index is 13.0. The van der Waals surface area contributed by atoms with E-state index in [0.29, 0.717) is 35.9 Å². The minimum absolute atomic E-state index is 0.00121. The Morgan fingerprint density at radius 3 is 2.81 bits per heavy atom. The minimum atomic E-state index is -0.00696. The average molecular weight is 424 g/mol. The van der Waals surface area contributed by atoms with E-state index in [1.54, 1.807) is 25.3 Å². The van der Waals surface area contributed by atoms with Crippen molar-refractivity contribution in [3.8, 4) is 17.2 Å². The lowest BCUT2D eigenvalue weighted by molar-refractivity contribution is -0.116. The Morgan fingerprint density at radius 2 is 2.00 bits per heavy atom. The molecule has 164 valence electrons. The number of piperidine rings is 1. The largest absolute Gasteiger partial charge is 0.497 e. The van der Waals surface area contributed by atoms with Gasteiger partial charge in [0.2, 0.25) is 12.7 Å². The van der Waals surface area contributed by atoms with Crippen LogP contribution in [0.15, 0.2) is 36.4 Å². The molecule has 2 aromatic rings. The summed E-state index contributed by atoms with van der Waals surface area (Å²) in [6.07, 6.45) is 3.16. The third-order valence-corrected chi connectivity index (χ3v) is 5.91. The van der Waals surface area contributed by atoms with Gasteiger partial charge in [-0.1, -0.05) is 0 Å². The van der Waals surface area contributed by atoms with Gasteiger partial charge in [0, 0.05) is 30.8 Å². The number of aryl methyl sites for hydroxylation is 1. The molecule has 0 saturated carbocycles. The van der Waals surface area contributed by atoms with E-state index in [0.717, 1.165) is 42.8 Å². The van der Waals surface area contributed by atoms with E-state index in [1.165, 1.54) is 0 Å². The topological polar surface area (TPSA) is 77.1 Å². The number of methoxy groups -OCH3 is 1. The van der Waals surface area contributed by atoms with Crippen LogP contribution in [-0.2, 0) is 4.79 Å². The molecule has 2 aliphatic heterocycles. The zero-order chi connectivity index (χ0) is 21.8. The SMILES string of the molecule is COc1ccc(NC(=O)CCC2CCCN(C(=O)c3ccc4c(c3)OCO4)C2)c(C)c1. The van der Waals surface area contributed by atoms with Crippen molar-refractivity contribution in [1.29, 1.82) is 0 Å². The van der Waals surface area contributed by atoms with Crippen molar-refractivity contribution in [2.75, 3.05) is 32.3 Å². The molecule has 1 unspecified atom stereocenters. The molecule has 1 N–H and O–H groups in total. The number of carbonyl (C=O) groups excluding carboxylic acids is 2. The lowest BCUT2D eigenvalue weighted by Crippen LogP contribution is -2.40. The van der Waals surface area contributed by atoms with Crippen molar-refractivity contribution in [2.24, 2.45) is 5.92 Å². The second kappa shape index (κ2) is 9.29. The molecule has 7 heteroatoms. The number of likely N-dealkylation sites (tertiary alicyclic amines) is 1. The number of rotatable bonds is 6. The Labute approximate surface area is 182 Å². The first-order chi connectivity index (χ1) is 15.0. The van der Waals surface area contributed by atoms with Gasteiger partial charge in [0.1, 0.15) is 5.75 Å². The second-order valence-corrected chi connectivity index (χ2v) is 8.10. The van der Waals surface area contributed by atoms with Gasteiger partial charge in [-0.05, 0) is 74.1 Å². The summed E-state index contributed by atoms with van der Waals surface area (Å²) in [4.78, 5) is 27.3. The van der Waals surface area contributed by atoms with Crippen molar-refractivity contribution in [2.45, 2.75) is 32.6 Å². The van der Waals surface area contributed by atoms with Crippen molar-refractivity contribution in [3.05, 3.63) is 47.5 Å². The summed E-state index contributed by atoms with van der Waals surface area (Å²) >= 11 is 0. The summed E-state index contributed by atoms with van der Waals surface area (Å²) in [5.74, 6) is 2.37. The third-order valence-electron chi connectivity index (χ3n) is 5.91. The number of fused-ring (bicyclic) bond motifs is 1. The molecule has 1 atom stereocenters. The summed E-state index contributed by atoms with van der Waals surface area (Å²) in [6.45, 7) is 3.54. The maximum atomic E-state index is 13.0. The fraction of sp³-hybridized carbons (Fsp3) is 0.417. The van der Waals surface area contributed by atoms with Gasteiger partial charge in [-0.15, -0.1) is 0 Å². The summed E-state index contributed by atoms with van der Waals surface area (Å²) < 4.78 is 15.9. The number of hydrogen-bond donors (Lipinski definition) is 1.